The van der Waals surface area contributed by atoms with Crippen molar-refractivity contribution in [1.82, 2.24) is 0 Å². The van der Waals surface area contributed by atoms with E-state index in [0.29, 0.717) is 23.3 Å². The lowest BCUT2D eigenvalue weighted by atomic mass is 9.73. The van der Waals surface area contributed by atoms with Gasteiger partial charge in [-0.15, -0.1) is 0 Å². The molecule has 0 unspecified atom stereocenters. The summed E-state index contributed by atoms with van der Waals surface area (Å²) in [6.45, 7) is 1.59. The van der Waals surface area contributed by atoms with E-state index in [-0.39, 0.29) is 17.2 Å². The molecule has 34 heavy (non-hydrogen) atoms. The summed E-state index contributed by atoms with van der Waals surface area (Å²) in [5.41, 5.74) is 4.21. The maximum atomic E-state index is 13.2. The molecule has 0 saturated heterocycles. The molecule has 2 aliphatic carbocycles. The zero-order chi connectivity index (χ0) is 23.4. The number of hydrogen-bond donors (Lipinski definition) is 0. The van der Waals surface area contributed by atoms with Crippen LogP contribution in [0.1, 0.15) is 56.5 Å². The second-order valence-corrected chi connectivity index (χ2v) is 9.57. The standard InChI is InChI=1S/C27H24N2O5/c30-24(16-7-9-19(10-8-16)29(32)33)15-34-27(31)23-12-11-22-20-5-1-3-17(20)13-28-14-18-4-2-6-21(18)25(23)26(22)28/h1-2,5-12,17-18,20-21H,3-4,13-15H2/t17-,18-,20+,21+/m0/s1. The van der Waals surface area contributed by atoms with Gasteiger partial charge in [0, 0.05) is 48.3 Å². The zero-order valence-electron chi connectivity index (χ0n) is 18.6. The third kappa shape index (κ3) is 3.26. The number of benzene rings is 2. The summed E-state index contributed by atoms with van der Waals surface area (Å²) in [4.78, 5) is 38.5. The van der Waals surface area contributed by atoms with Crippen LogP contribution in [0.2, 0.25) is 0 Å². The van der Waals surface area contributed by atoms with E-state index in [1.165, 1.54) is 35.5 Å². The van der Waals surface area contributed by atoms with Crippen molar-refractivity contribution in [1.29, 1.82) is 0 Å². The minimum absolute atomic E-state index is 0.0928. The normalized spacial score (nSPS) is 25.5. The van der Waals surface area contributed by atoms with Crippen molar-refractivity contribution in [3.63, 3.8) is 0 Å². The molecule has 4 atom stereocenters. The van der Waals surface area contributed by atoms with Crippen LogP contribution in [0.4, 0.5) is 11.4 Å². The molecule has 0 saturated carbocycles. The SMILES string of the molecule is O=C(COC(=O)c1ccc2c3c1[C@@H]1C=CC[C@H]1CN3C[C@@H]1CC=C[C@@H]21)c1ccc([N+](=O)[O-])cc1. The molecule has 2 aromatic rings. The first-order chi connectivity index (χ1) is 16.5. The predicted molar refractivity (Wildman–Crippen MR) is 126 cm³/mol. The third-order valence-corrected chi connectivity index (χ3v) is 7.70. The van der Waals surface area contributed by atoms with E-state index < -0.39 is 23.3 Å². The largest absolute Gasteiger partial charge is 0.454 e. The van der Waals surface area contributed by atoms with Crippen LogP contribution in [0.5, 0.6) is 0 Å². The highest BCUT2D eigenvalue weighted by molar-refractivity contribution is 6.00. The fraction of sp³-hybridized carbons (Fsp3) is 0.333. The van der Waals surface area contributed by atoms with Gasteiger partial charge < -0.3 is 9.64 Å². The minimum atomic E-state index is -0.520. The number of anilines is 1. The summed E-state index contributed by atoms with van der Waals surface area (Å²) >= 11 is 0. The van der Waals surface area contributed by atoms with E-state index in [1.807, 2.05) is 6.07 Å². The van der Waals surface area contributed by atoms with Gasteiger partial charge in [0.05, 0.1) is 10.5 Å². The molecule has 0 radical (unpaired) electrons. The van der Waals surface area contributed by atoms with Crippen LogP contribution in [0.25, 0.3) is 0 Å². The van der Waals surface area contributed by atoms with E-state index in [1.54, 1.807) is 0 Å². The Kier molecular flexibility index (Phi) is 4.86. The van der Waals surface area contributed by atoms with Crippen LogP contribution in [0.3, 0.4) is 0 Å². The van der Waals surface area contributed by atoms with E-state index in [2.05, 4.69) is 35.3 Å². The van der Waals surface area contributed by atoms with Crippen molar-refractivity contribution >= 4 is 23.1 Å². The maximum absolute atomic E-state index is 13.2. The van der Waals surface area contributed by atoms with Gasteiger partial charge in [-0.25, -0.2) is 4.79 Å². The van der Waals surface area contributed by atoms with Crippen molar-refractivity contribution in [2.75, 3.05) is 24.6 Å². The van der Waals surface area contributed by atoms with Crippen LogP contribution in [-0.4, -0.2) is 36.4 Å². The van der Waals surface area contributed by atoms with Gasteiger partial charge in [-0.05, 0) is 54.0 Å². The summed E-state index contributed by atoms with van der Waals surface area (Å²) in [5, 5.41) is 10.8. The van der Waals surface area contributed by atoms with Crippen LogP contribution in [-0.2, 0) is 4.74 Å². The summed E-state index contributed by atoms with van der Waals surface area (Å²) in [6, 6.07) is 9.24. The van der Waals surface area contributed by atoms with E-state index >= 15 is 0 Å². The Hall–Kier alpha value is -3.74. The number of fused-ring (bicyclic) bond motifs is 4. The lowest BCUT2D eigenvalue weighted by Gasteiger charge is -2.46. The number of nitro groups is 1. The lowest BCUT2D eigenvalue weighted by molar-refractivity contribution is -0.384. The number of Topliss-reactive ketones (excluding diaryl/α,β-unsaturated/α-hetero) is 1. The molecule has 6 rings (SSSR count). The fourth-order valence-electron chi connectivity index (χ4n) is 6.12. The zero-order valence-corrected chi connectivity index (χ0v) is 18.6. The van der Waals surface area contributed by atoms with Gasteiger partial charge in [0.15, 0.2) is 12.4 Å². The topological polar surface area (TPSA) is 89.8 Å². The molecule has 172 valence electrons. The van der Waals surface area contributed by atoms with Gasteiger partial charge >= 0.3 is 5.97 Å². The number of carbonyl (C=O) groups is 2. The monoisotopic (exact) mass is 456 g/mol. The van der Waals surface area contributed by atoms with Gasteiger partial charge in [0.25, 0.3) is 5.69 Å². The Morgan fingerprint density at radius 3 is 2.35 bits per heavy atom. The molecular formula is C27H24N2O5. The van der Waals surface area contributed by atoms with Crippen LogP contribution >= 0.6 is 0 Å². The molecule has 4 aliphatic rings. The van der Waals surface area contributed by atoms with Gasteiger partial charge in [-0.1, -0.05) is 30.4 Å². The molecule has 0 spiro atoms. The molecule has 0 aromatic heterocycles. The molecule has 2 aromatic carbocycles. The van der Waals surface area contributed by atoms with Gasteiger partial charge in [-0.2, -0.15) is 0 Å². The van der Waals surface area contributed by atoms with Crippen LogP contribution in [0.15, 0.2) is 60.7 Å². The molecule has 2 aliphatic heterocycles. The quantitative estimate of drug-likeness (QED) is 0.211. The summed E-state index contributed by atoms with van der Waals surface area (Å²) in [5.74, 6) is 0.708. The van der Waals surface area contributed by atoms with Crippen LogP contribution in [0, 0.1) is 22.0 Å². The highest BCUT2D eigenvalue weighted by Gasteiger charge is 2.44. The summed E-state index contributed by atoms with van der Waals surface area (Å²) in [7, 11) is 0. The molecule has 0 N–H and O–H groups in total. The number of rotatable bonds is 5. The second-order valence-electron chi connectivity index (χ2n) is 9.57. The number of ketones is 1. The van der Waals surface area contributed by atoms with Crippen molar-refractivity contribution in [3.05, 3.63) is 93.1 Å². The number of carbonyl (C=O) groups excluding carboxylic acids is 2. The number of nitrogens with zero attached hydrogens (tertiary/aromatic N) is 2. The third-order valence-electron chi connectivity index (χ3n) is 7.70. The molecular weight excluding hydrogens is 432 g/mol. The molecule has 7 heteroatoms. The highest BCUT2D eigenvalue weighted by Crippen LogP contribution is 2.53. The van der Waals surface area contributed by atoms with E-state index in [4.69, 9.17) is 4.74 Å². The maximum Gasteiger partial charge on any atom is 0.338 e. The molecule has 0 amide bonds. The van der Waals surface area contributed by atoms with Gasteiger partial charge in [0.2, 0.25) is 0 Å². The molecule has 2 heterocycles. The number of nitro benzene ring substituents is 1. The number of ether oxygens (including phenoxy) is 1. The number of non-ortho nitro benzene ring substituents is 1. The second kappa shape index (κ2) is 7.94. The van der Waals surface area contributed by atoms with E-state index in [0.717, 1.165) is 31.5 Å². The summed E-state index contributed by atoms with van der Waals surface area (Å²) < 4.78 is 5.47. The van der Waals surface area contributed by atoms with Gasteiger partial charge in [-0.3, -0.25) is 14.9 Å². The average molecular weight is 456 g/mol. The Morgan fingerprint density at radius 2 is 1.65 bits per heavy atom. The highest BCUT2D eigenvalue weighted by atomic mass is 16.6. The number of allylic oxidation sites excluding steroid dienone is 4. The summed E-state index contributed by atoms with van der Waals surface area (Å²) in [6.07, 6.45) is 11.1. The van der Waals surface area contributed by atoms with Gasteiger partial charge in [0.1, 0.15) is 0 Å². The number of esters is 1. The van der Waals surface area contributed by atoms with Crippen LogP contribution < -0.4 is 4.90 Å². The molecule has 7 nitrogen and oxygen atoms in total. The van der Waals surface area contributed by atoms with Crippen molar-refractivity contribution in [2.45, 2.75) is 24.7 Å². The Balaban J connectivity index is 1.28. The molecule has 0 bridgehead atoms. The Labute approximate surface area is 196 Å². The predicted octanol–water partition coefficient (Wildman–Crippen LogP) is 4.79. The van der Waals surface area contributed by atoms with Crippen molar-refractivity contribution < 1.29 is 19.2 Å². The molecule has 0 fully saturated rings. The van der Waals surface area contributed by atoms with Crippen molar-refractivity contribution in [2.24, 2.45) is 11.8 Å². The smallest absolute Gasteiger partial charge is 0.338 e. The first-order valence-corrected chi connectivity index (χ1v) is 11.7. The first-order valence-electron chi connectivity index (χ1n) is 11.7. The number of hydrogen-bond acceptors (Lipinski definition) is 6. The Morgan fingerprint density at radius 1 is 0.971 bits per heavy atom. The fourth-order valence-corrected chi connectivity index (χ4v) is 6.12. The lowest BCUT2D eigenvalue weighted by Crippen LogP contribution is -2.44. The minimum Gasteiger partial charge on any atom is -0.454 e. The Bertz CT molecular complexity index is 1260. The van der Waals surface area contributed by atoms with Crippen molar-refractivity contribution in [3.8, 4) is 0 Å². The first kappa shape index (κ1) is 20.8. The average Bonchev–Trinajstić information content (AvgIpc) is 3.52. The van der Waals surface area contributed by atoms with E-state index in [9.17, 15) is 19.7 Å².